The summed E-state index contributed by atoms with van der Waals surface area (Å²) in [4.78, 5) is 27.1. The lowest BCUT2D eigenvalue weighted by Crippen LogP contribution is -2.63. The van der Waals surface area contributed by atoms with Crippen molar-refractivity contribution < 1.29 is 58.8 Å². The number of aliphatic hydroxyl groups is 5. The van der Waals surface area contributed by atoms with Crippen LogP contribution in [-0.2, 0) is 33.3 Å². The van der Waals surface area contributed by atoms with E-state index in [1.54, 1.807) is 0 Å². The number of ether oxygens (including phenoxy) is 5. The highest BCUT2D eigenvalue weighted by molar-refractivity contribution is 5.86. The molecular formula is C37H56O12. The summed E-state index contributed by atoms with van der Waals surface area (Å²) in [5, 5.41) is 52.6. The lowest BCUT2D eigenvalue weighted by Gasteiger charge is -2.62. The Kier molecular flexibility index (Phi) is 7.93. The molecule has 0 radical (unpaired) electrons. The second-order valence-electron chi connectivity index (χ2n) is 18.4. The van der Waals surface area contributed by atoms with Crippen molar-refractivity contribution in [1.82, 2.24) is 0 Å². The van der Waals surface area contributed by atoms with E-state index in [4.69, 9.17) is 23.7 Å². The third kappa shape index (κ3) is 4.54. The van der Waals surface area contributed by atoms with Crippen LogP contribution >= 0.6 is 0 Å². The molecule has 0 aromatic rings. The maximum Gasteiger partial charge on any atom is 0.306 e. The summed E-state index contributed by atoms with van der Waals surface area (Å²) >= 11 is 0. The van der Waals surface area contributed by atoms with Gasteiger partial charge in [-0.1, -0.05) is 34.6 Å². The smallest absolute Gasteiger partial charge is 0.306 e. The average Bonchev–Trinajstić information content (AvgIpc) is 3.60. The molecule has 5 aliphatic carbocycles. The van der Waals surface area contributed by atoms with Crippen LogP contribution in [0.4, 0.5) is 0 Å². The first-order valence-corrected chi connectivity index (χ1v) is 18.6. The number of carbonyl (C=O) groups is 2. The average molecular weight is 693 g/mol. The van der Waals surface area contributed by atoms with Gasteiger partial charge in [0.2, 0.25) is 0 Å². The molecule has 0 aromatic heterocycles. The molecule has 0 amide bonds. The molecule has 19 atom stereocenters. The number of hydrogen-bond acceptors (Lipinski definition) is 12. The second-order valence-corrected chi connectivity index (χ2v) is 18.4. The summed E-state index contributed by atoms with van der Waals surface area (Å²) < 4.78 is 30.2. The number of esters is 1. The summed E-state index contributed by atoms with van der Waals surface area (Å²) in [6.07, 6.45) is -5.93. The molecule has 0 unspecified atom stereocenters. The van der Waals surface area contributed by atoms with Gasteiger partial charge in [-0.2, -0.15) is 0 Å². The van der Waals surface area contributed by atoms with Crippen molar-refractivity contribution in [2.75, 3.05) is 6.61 Å². The van der Waals surface area contributed by atoms with Crippen molar-refractivity contribution in [3.8, 4) is 0 Å². The van der Waals surface area contributed by atoms with Gasteiger partial charge >= 0.3 is 5.97 Å². The molecule has 12 heteroatoms. The van der Waals surface area contributed by atoms with E-state index < -0.39 is 66.8 Å². The normalized spacial score (nSPS) is 59.1. The van der Waals surface area contributed by atoms with Gasteiger partial charge in [-0.05, 0) is 78.9 Å². The Balaban J connectivity index is 1.03. The number of hydrogen-bond donors (Lipinski definition) is 5. The van der Waals surface area contributed by atoms with E-state index in [0.717, 1.165) is 32.1 Å². The second kappa shape index (κ2) is 11.1. The third-order valence-corrected chi connectivity index (χ3v) is 16.0. The molecule has 5 N–H and O–H groups in total. The molecule has 2 spiro atoms. The Bertz CT molecular complexity index is 1370. The van der Waals surface area contributed by atoms with Crippen LogP contribution in [0.5, 0.6) is 0 Å². The Labute approximate surface area is 288 Å². The molecule has 8 aliphatic rings. The van der Waals surface area contributed by atoms with Crippen LogP contribution in [0.2, 0.25) is 0 Å². The Morgan fingerprint density at radius 3 is 2.27 bits per heavy atom. The minimum Gasteiger partial charge on any atom is -0.462 e. The van der Waals surface area contributed by atoms with Crippen molar-refractivity contribution in [3.63, 3.8) is 0 Å². The zero-order valence-corrected chi connectivity index (χ0v) is 29.6. The molecule has 5 saturated carbocycles. The fourth-order valence-electron chi connectivity index (χ4n) is 13.6. The third-order valence-electron chi connectivity index (χ3n) is 16.0. The number of Topliss-reactive ketones (excluding diaryl/α,β-unsaturated/α-hetero) is 1. The van der Waals surface area contributed by atoms with Crippen LogP contribution in [-0.4, -0.2) is 111 Å². The van der Waals surface area contributed by atoms with Crippen LogP contribution in [0.15, 0.2) is 0 Å². The SMILES string of the molecule is C[C@@H]1CC(=O)O[C@H]2C[C@@]3(C)[C@@H]4CC(=O)[C@H]5C(C)(C)[C@@H](O[C@@H]6OC[C@@H](O)[C@H](O)[C@H]6O[C@@H]6O[C@@H](C)[C@H](O)[C@@H](O)[C@H]6O)CC[C@@]56C[C@@]46CC[C@]3(C)[C@@H]12. The van der Waals surface area contributed by atoms with Gasteiger partial charge in [0, 0.05) is 30.1 Å². The predicted molar refractivity (Wildman–Crippen MR) is 170 cm³/mol. The molecule has 49 heavy (non-hydrogen) atoms. The molecule has 12 nitrogen and oxygen atoms in total. The van der Waals surface area contributed by atoms with Gasteiger partial charge in [0.1, 0.15) is 48.5 Å². The number of ketones is 1. The Morgan fingerprint density at radius 2 is 1.53 bits per heavy atom. The first kappa shape index (κ1) is 34.8. The van der Waals surface area contributed by atoms with E-state index in [1.807, 2.05) is 0 Å². The van der Waals surface area contributed by atoms with Crippen LogP contribution in [0, 0.1) is 50.7 Å². The molecular weight excluding hydrogens is 636 g/mol. The van der Waals surface area contributed by atoms with Gasteiger partial charge in [-0.25, -0.2) is 0 Å². The van der Waals surface area contributed by atoms with Gasteiger partial charge in [-0.3, -0.25) is 9.59 Å². The number of fused-ring (bicyclic) bond motifs is 4. The fraction of sp³-hybridized carbons (Fsp3) is 0.946. The predicted octanol–water partition coefficient (Wildman–Crippen LogP) is 1.84. The summed E-state index contributed by atoms with van der Waals surface area (Å²) in [5.41, 5.74) is -0.745. The van der Waals surface area contributed by atoms with E-state index in [1.165, 1.54) is 6.92 Å². The summed E-state index contributed by atoms with van der Waals surface area (Å²) in [6.45, 7) is 12.5. The van der Waals surface area contributed by atoms with Crippen LogP contribution in [0.25, 0.3) is 0 Å². The lowest BCUT2D eigenvalue weighted by molar-refractivity contribution is -0.362. The summed E-state index contributed by atoms with van der Waals surface area (Å²) in [7, 11) is 0. The molecule has 8 fully saturated rings. The first-order chi connectivity index (χ1) is 22.9. The monoisotopic (exact) mass is 692 g/mol. The number of rotatable bonds is 4. The first-order valence-electron chi connectivity index (χ1n) is 18.6. The molecule has 0 bridgehead atoms. The molecule has 8 rings (SSSR count). The van der Waals surface area contributed by atoms with E-state index >= 15 is 0 Å². The largest absolute Gasteiger partial charge is 0.462 e. The Morgan fingerprint density at radius 1 is 0.796 bits per heavy atom. The minimum atomic E-state index is -1.61. The number of aliphatic hydroxyl groups excluding tert-OH is 5. The van der Waals surface area contributed by atoms with Crippen LogP contribution in [0.1, 0.15) is 92.9 Å². The van der Waals surface area contributed by atoms with Crippen LogP contribution in [0.3, 0.4) is 0 Å². The van der Waals surface area contributed by atoms with E-state index in [9.17, 15) is 35.1 Å². The minimum absolute atomic E-state index is 0.000707. The highest BCUT2D eigenvalue weighted by atomic mass is 16.8. The standard InChI is InChI=1S/C37H56O12/c1-16-11-23(40)47-20-13-35(6)21-12-18(38)30-33(3,4)22(7-8-37(30)15-36(21,37)10-9-34(35,5)24(16)20)48-32-29(26(42)19(39)14-45-32)49-31-28(44)27(43)25(41)17(2)46-31/h16-17,19-22,24-32,39,41-44H,7-15H2,1-6H3/t16-,17+,19-,20+,21+,22+,24+,25+,26+,27-,28-,29-,30+,31+,32+,34-,35+,36+,37-/m1/s1. The topological polar surface area (TPSA) is 181 Å². The highest BCUT2D eigenvalue weighted by Gasteiger charge is 2.85. The van der Waals surface area contributed by atoms with Crippen molar-refractivity contribution >= 4 is 11.8 Å². The van der Waals surface area contributed by atoms with Crippen molar-refractivity contribution in [1.29, 1.82) is 0 Å². The van der Waals surface area contributed by atoms with Crippen molar-refractivity contribution in [2.45, 2.75) is 160 Å². The molecule has 3 aliphatic heterocycles. The van der Waals surface area contributed by atoms with Gasteiger partial charge in [0.15, 0.2) is 12.6 Å². The zero-order valence-electron chi connectivity index (χ0n) is 29.6. The summed E-state index contributed by atoms with van der Waals surface area (Å²) in [6, 6.07) is 0. The quantitative estimate of drug-likeness (QED) is 0.213. The van der Waals surface area contributed by atoms with Gasteiger partial charge < -0.3 is 49.2 Å². The lowest BCUT2D eigenvalue weighted by atomic mass is 9.41. The van der Waals surface area contributed by atoms with Crippen LogP contribution < -0.4 is 0 Å². The zero-order chi connectivity index (χ0) is 35.2. The van der Waals surface area contributed by atoms with Gasteiger partial charge in [-0.15, -0.1) is 0 Å². The molecule has 3 heterocycles. The summed E-state index contributed by atoms with van der Waals surface area (Å²) in [5.74, 6) is 0.773. The van der Waals surface area contributed by atoms with E-state index in [0.29, 0.717) is 25.2 Å². The molecule has 0 aromatic carbocycles. The van der Waals surface area contributed by atoms with Crippen molar-refractivity contribution in [2.24, 2.45) is 50.7 Å². The van der Waals surface area contributed by atoms with E-state index in [2.05, 4.69) is 34.6 Å². The maximum atomic E-state index is 14.6. The maximum absolute atomic E-state index is 14.6. The fourth-order valence-corrected chi connectivity index (χ4v) is 13.6. The van der Waals surface area contributed by atoms with Gasteiger partial charge in [0.25, 0.3) is 0 Å². The number of carbonyl (C=O) groups excluding carboxylic acids is 2. The highest BCUT2D eigenvalue weighted by Crippen LogP contribution is 2.88. The van der Waals surface area contributed by atoms with Gasteiger partial charge in [0.05, 0.1) is 18.8 Å². The Hall–Kier alpha value is -1.22. The van der Waals surface area contributed by atoms with E-state index in [-0.39, 0.29) is 63.9 Å². The molecule has 276 valence electrons. The molecule has 3 saturated heterocycles. The van der Waals surface area contributed by atoms with Crippen molar-refractivity contribution in [3.05, 3.63) is 0 Å².